The molecule has 0 unspecified atom stereocenters. The van der Waals surface area contributed by atoms with Crippen LogP contribution in [0.15, 0.2) is 18.2 Å². The van der Waals surface area contributed by atoms with Gasteiger partial charge in [-0.2, -0.15) is 15.0 Å². The third kappa shape index (κ3) is 3.28. The van der Waals surface area contributed by atoms with Crippen molar-refractivity contribution in [2.45, 2.75) is 32.5 Å². The fourth-order valence-electron chi connectivity index (χ4n) is 2.53. The summed E-state index contributed by atoms with van der Waals surface area (Å²) in [5.41, 5.74) is 6.66. The second-order valence-corrected chi connectivity index (χ2v) is 6.38. The number of anilines is 2. The number of nitrogens with zero attached hydrogens (tertiary/aromatic N) is 4. The molecular weight excluding hydrogens is 294 g/mol. The summed E-state index contributed by atoms with van der Waals surface area (Å²) in [4.78, 5) is 14.3. The Kier molecular flexibility index (Phi) is 3.71. The number of benzene rings is 1. The van der Waals surface area contributed by atoms with E-state index in [2.05, 4.69) is 34.9 Å². The molecule has 0 amide bonds. The number of hydrogen-bond acceptors (Lipinski definition) is 7. The first-order valence-corrected chi connectivity index (χ1v) is 7.45. The lowest BCUT2D eigenvalue weighted by Gasteiger charge is -2.18. The highest BCUT2D eigenvalue weighted by Gasteiger charge is 2.32. The molecular formula is C16H21N5O2. The minimum atomic E-state index is -0.211. The first-order chi connectivity index (χ1) is 10.8. The van der Waals surface area contributed by atoms with Crippen LogP contribution >= 0.6 is 0 Å². The Hall–Kier alpha value is -2.57. The predicted molar refractivity (Wildman–Crippen MR) is 87.8 cm³/mol. The van der Waals surface area contributed by atoms with E-state index in [0.29, 0.717) is 17.5 Å². The molecule has 0 atom stereocenters. The lowest BCUT2D eigenvalue weighted by molar-refractivity contribution is 0.131. The van der Waals surface area contributed by atoms with Crippen molar-refractivity contribution in [3.05, 3.63) is 29.6 Å². The number of rotatable bonds is 4. The summed E-state index contributed by atoms with van der Waals surface area (Å²) >= 11 is 0. The van der Waals surface area contributed by atoms with Crippen LogP contribution in [0.25, 0.3) is 0 Å². The highest BCUT2D eigenvalue weighted by molar-refractivity contribution is 5.50. The molecule has 1 aromatic heterocycles. The van der Waals surface area contributed by atoms with Gasteiger partial charge in [-0.05, 0) is 19.9 Å². The predicted octanol–water partition coefficient (Wildman–Crippen LogP) is 1.81. The molecule has 3 rings (SSSR count). The van der Waals surface area contributed by atoms with Gasteiger partial charge in [-0.1, -0.05) is 12.1 Å². The Morgan fingerprint density at radius 2 is 2.04 bits per heavy atom. The van der Waals surface area contributed by atoms with Crippen LogP contribution in [-0.2, 0) is 13.0 Å². The Bertz CT molecular complexity index is 730. The van der Waals surface area contributed by atoms with E-state index in [1.165, 1.54) is 0 Å². The number of para-hydroxylation sites is 1. The van der Waals surface area contributed by atoms with Crippen LogP contribution in [0.2, 0.25) is 0 Å². The van der Waals surface area contributed by atoms with Crippen molar-refractivity contribution in [2.24, 2.45) is 0 Å². The summed E-state index contributed by atoms with van der Waals surface area (Å²) < 4.78 is 11.9. The van der Waals surface area contributed by atoms with Gasteiger partial charge < -0.3 is 20.1 Å². The van der Waals surface area contributed by atoms with Crippen LogP contribution in [0.4, 0.5) is 11.9 Å². The minimum Gasteiger partial charge on any atom is -0.483 e. The Morgan fingerprint density at radius 1 is 1.26 bits per heavy atom. The molecule has 7 nitrogen and oxygen atoms in total. The minimum absolute atomic E-state index is 0.179. The van der Waals surface area contributed by atoms with Gasteiger partial charge in [0.2, 0.25) is 11.9 Å². The van der Waals surface area contributed by atoms with Crippen molar-refractivity contribution in [2.75, 3.05) is 24.7 Å². The van der Waals surface area contributed by atoms with E-state index in [9.17, 15) is 0 Å². The monoisotopic (exact) mass is 315 g/mol. The standard InChI is InChI=1S/C16H21N5O2/c1-16(2)8-10-6-5-7-11(13(10)23-16)22-9-12-18-14(17)20-15(19-12)21(3)4/h5-7H,8-9H2,1-4H3,(H2,17,18,19,20). The summed E-state index contributed by atoms with van der Waals surface area (Å²) in [5, 5.41) is 0. The number of nitrogens with two attached hydrogens (primary N) is 1. The zero-order valence-corrected chi connectivity index (χ0v) is 13.8. The van der Waals surface area contributed by atoms with Crippen LogP contribution < -0.4 is 20.1 Å². The van der Waals surface area contributed by atoms with E-state index in [1.807, 2.05) is 26.2 Å². The highest BCUT2D eigenvalue weighted by Crippen LogP contribution is 2.41. The number of aromatic nitrogens is 3. The molecule has 0 aliphatic carbocycles. The molecule has 0 radical (unpaired) electrons. The smallest absolute Gasteiger partial charge is 0.230 e. The molecule has 0 fully saturated rings. The topological polar surface area (TPSA) is 86.4 Å². The number of ether oxygens (including phenoxy) is 2. The maximum absolute atomic E-state index is 5.99. The Balaban J connectivity index is 1.79. The lowest BCUT2D eigenvalue weighted by Crippen LogP contribution is -2.24. The molecule has 2 aromatic rings. The SMILES string of the molecule is CN(C)c1nc(N)nc(COc2cccc3c2OC(C)(C)C3)n1. The van der Waals surface area contributed by atoms with Crippen molar-refractivity contribution in [1.29, 1.82) is 0 Å². The van der Waals surface area contributed by atoms with Gasteiger partial charge in [-0.15, -0.1) is 0 Å². The number of hydrogen-bond donors (Lipinski definition) is 1. The second-order valence-electron chi connectivity index (χ2n) is 6.38. The summed E-state index contributed by atoms with van der Waals surface area (Å²) in [6.45, 7) is 4.33. The van der Waals surface area contributed by atoms with E-state index >= 15 is 0 Å². The van der Waals surface area contributed by atoms with E-state index in [-0.39, 0.29) is 18.2 Å². The molecule has 0 spiro atoms. The largest absolute Gasteiger partial charge is 0.483 e. The number of nitrogen functional groups attached to an aromatic ring is 1. The van der Waals surface area contributed by atoms with Crippen molar-refractivity contribution in [3.63, 3.8) is 0 Å². The van der Waals surface area contributed by atoms with Gasteiger partial charge in [-0.3, -0.25) is 0 Å². The number of fused-ring (bicyclic) bond motifs is 1. The fraction of sp³-hybridized carbons (Fsp3) is 0.438. The molecule has 0 bridgehead atoms. The molecule has 7 heteroatoms. The third-order valence-electron chi connectivity index (χ3n) is 3.50. The zero-order chi connectivity index (χ0) is 16.6. The molecule has 1 aliphatic heterocycles. The summed E-state index contributed by atoms with van der Waals surface area (Å²) in [6, 6.07) is 5.91. The second kappa shape index (κ2) is 5.57. The maximum atomic E-state index is 5.99. The highest BCUT2D eigenvalue weighted by atomic mass is 16.5. The first kappa shape index (κ1) is 15.3. The molecule has 122 valence electrons. The van der Waals surface area contributed by atoms with Gasteiger partial charge in [-0.25, -0.2) is 0 Å². The van der Waals surface area contributed by atoms with Crippen LogP contribution in [0.5, 0.6) is 11.5 Å². The maximum Gasteiger partial charge on any atom is 0.230 e. The van der Waals surface area contributed by atoms with Crippen LogP contribution in [0.3, 0.4) is 0 Å². The van der Waals surface area contributed by atoms with Gasteiger partial charge in [0.1, 0.15) is 12.2 Å². The van der Waals surface area contributed by atoms with Crippen LogP contribution in [0.1, 0.15) is 25.2 Å². The van der Waals surface area contributed by atoms with Gasteiger partial charge >= 0.3 is 0 Å². The van der Waals surface area contributed by atoms with Gasteiger partial charge in [0, 0.05) is 26.1 Å². The Morgan fingerprint density at radius 3 is 2.78 bits per heavy atom. The van der Waals surface area contributed by atoms with Crippen LogP contribution in [-0.4, -0.2) is 34.6 Å². The van der Waals surface area contributed by atoms with Gasteiger partial charge in [0.15, 0.2) is 17.3 Å². The molecule has 1 aliphatic rings. The van der Waals surface area contributed by atoms with E-state index in [1.54, 1.807) is 4.90 Å². The third-order valence-corrected chi connectivity index (χ3v) is 3.50. The first-order valence-electron chi connectivity index (χ1n) is 7.45. The van der Waals surface area contributed by atoms with Crippen LogP contribution in [0, 0.1) is 0 Å². The van der Waals surface area contributed by atoms with Crippen molar-refractivity contribution >= 4 is 11.9 Å². The molecule has 1 aromatic carbocycles. The van der Waals surface area contributed by atoms with Crippen molar-refractivity contribution < 1.29 is 9.47 Å². The van der Waals surface area contributed by atoms with E-state index < -0.39 is 0 Å². The van der Waals surface area contributed by atoms with Gasteiger partial charge in [0.05, 0.1) is 0 Å². The van der Waals surface area contributed by atoms with Gasteiger partial charge in [0.25, 0.3) is 0 Å². The quantitative estimate of drug-likeness (QED) is 0.920. The molecule has 23 heavy (non-hydrogen) atoms. The van der Waals surface area contributed by atoms with Crippen molar-refractivity contribution in [1.82, 2.24) is 15.0 Å². The van der Waals surface area contributed by atoms with Crippen molar-refractivity contribution in [3.8, 4) is 11.5 Å². The Labute approximate surface area is 135 Å². The molecule has 2 N–H and O–H groups in total. The van der Waals surface area contributed by atoms with E-state index in [0.717, 1.165) is 17.7 Å². The summed E-state index contributed by atoms with van der Waals surface area (Å²) in [7, 11) is 3.69. The molecule has 0 saturated carbocycles. The normalized spacial score (nSPS) is 15.0. The fourth-order valence-corrected chi connectivity index (χ4v) is 2.53. The summed E-state index contributed by atoms with van der Waals surface area (Å²) in [6.07, 6.45) is 0.864. The van der Waals surface area contributed by atoms with E-state index in [4.69, 9.17) is 15.2 Å². The molecule has 0 saturated heterocycles. The molecule has 2 heterocycles. The lowest BCUT2D eigenvalue weighted by atomic mass is 10.0. The summed E-state index contributed by atoms with van der Waals surface area (Å²) in [5.74, 6) is 2.66. The average Bonchev–Trinajstić information content (AvgIpc) is 2.78. The zero-order valence-electron chi connectivity index (χ0n) is 13.8. The average molecular weight is 315 g/mol.